The lowest BCUT2D eigenvalue weighted by atomic mass is 10.2. The SMILES string of the molecule is CCOc1cc(/C=C2/SC(=O)N(CC(=O)O)C2=O)cc(Cl)c1O. The normalized spacial score (nSPS) is 16.3. The number of rotatable bonds is 5. The monoisotopic (exact) mass is 357 g/mol. The maximum Gasteiger partial charge on any atom is 0.323 e. The van der Waals surface area contributed by atoms with E-state index in [0.717, 1.165) is 0 Å². The Bertz CT molecular complexity index is 717. The second kappa shape index (κ2) is 6.93. The van der Waals surface area contributed by atoms with E-state index in [1.165, 1.54) is 18.2 Å². The smallest absolute Gasteiger partial charge is 0.323 e. The van der Waals surface area contributed by atoms with E-state index in [4.69, 9.17) is 21.4 Å². The highest BCUT2D eigenvalue weighted by Crippen LogP contribution is 2.38. The van der Waals surface area contributed by atoms with Crippen molar-refractivity contribution in [1.82, 2.24) is 4.90 Å². The molecule has 2 N–H and O–H groups in total. The first-order valence-electron chi connectivity index (χ1n) is 6.46. The zero-order valence-corrected chi connectivity index (χ0v) is 13.5. The van der Waals surface area contributed by atoms with Gasteiger partial charge in [-0.2, -0.15) is 0 Å². The van der Waals surface area contributed by atoms with Gasteiger partial charge in [0.05, 0.1) is 16.5 Å². The Morgan fingerprint density at radius 2 is 2.13 bits per heavy atom. The van der Waals surface area contributed by atoms with Gasteiger partial charge in [-0.3, -0.25) is 19.3 Å². The summed E-state index contributed by atoms with van der Waals surface area (Å²) < 4.78 is 5.23. The molecule has 23 heavy (non-hydrogen) atoms. The van der Waals surface area contributed by atoms with Crippen molar-refractivity contribution >= 4 is 46.6 Å². The molecule has 0 atom stereocenters. The van der Waals surface area contributed by atoms with Gasteiger partial charge in [0.2, 0.25) is 0 Å². The second-order valence-corrected chi connectivity index (χ2v) is 5.84. The van der Waals surface area contributed by atoms with Crippen LogP contribution in [0.25, 0.3) is 6.08 Å². The van der Waals surface area contributed by atoms with E-state index in [1.54, 1.807) is 6.92 Å². The molecule has 2 amide bonds. The van der Waals surface area contributed by atoms with Crippen LogP contribution in [0.2, 0.25) is 5.02 Å². The first-order valence-corrected chi connectivity index (χ1v) is 7.65. The van der Waals surface area contributed by atoms with Crippen molar-refractivity contribution in [3.05, 3.63) is 27.6 Å². The first kappa shape index (κ1) is 17.2. The van der Waals surface area contributed by atoms with E-state index in [0.29, 0.717) is 28.8 Å². The Morgan fingerprint density at radius 3 is 2.74 bits per heavy atom. The average Bonchev–Trinajstić information content (AvgIpc) is 2.72. The van der Waals surface area contributed by atoms with Gasteiger partial charge in [-0.05, 0) is 42.5 Å². The average molecular weight is 358 g/mol. The fourth-order valence-corrected chi connectivity index (χ4v) is 2.92. The molecule has 0 bridgehead atoms. The molecule has 1 aromatic rings. The van der Waals surface area contributed by atoms with Gasteiger partial charge < -0.3 is 14.9 Å². The van der Waals surface area contributed by atoms with Crippen LogP contribution in [0, 0.1) is 0 Å². The summed E-state index contributed by atoms with van der Waals surface area (Å²) in [6.07, 6.45) is 1.39. The molecule has 1 aromatic carbocycles. The lowest BCUT2D eigenvalue weighted by molar-refractivity contribution is -0.140. The highest BCUT2D eigenvalue weighted by Gasteiger charge is 2.36. The molecular weight excluding hydrogens is 346 g/mol. The second-order valence-electron chi connectivity index (χ2n) is 4.44. The maximum absolute atomic E-state index is 12.1. The largest absolute Gasteiger partial charge is 0.503 e. The first-order chi connectivity index (χ1) is 10.8. The van der Waals surface area contributed by atoms with E-state index in [9.17, 15) is 19.5 Å². The lowest BCUT2D eigenvalue weighted by Gasteiger charge is -2.09. The Morgan fingerprint density at radius 1 is 1.43 bits per heavy atom. The number of benzene rings is 1. The number of hydrogen-bond donors (Lipinski definition) is 2. The quantitative estimate of drug-likeness (QED) is 0.780. The molecule has 1 heterocycles. The summed E-state index contributed by atoms with van der Waals surface area (Å²) in [5.74, 6) is -2.04. The van der Waals surface area contributed by atoms with Crippen LogP contribution in [-0.4, -0.2) is 45.4 Å². The summed E-state index contributed by atoms with van der Waals surface area (Å²) in [4.78, 5) is 35.1. The predicted molar refractivity (Wildman–Crippen MR) is 84.6 cm³/mol. The molecule has 0 aliphatic carbocycles. The summed E-state index contributed by atoms with van der Waals surface area (Å²) in [5, 5.41) is 17.9. The molecule has 2 rings (SSSR count). The van der Waals surface area contributed by atoms with Gasteiger partial charge in [-0.1, -0.05) is 11.6 Å². The van der Waals surface area contributed by atoms with Crippen molar-refractivity contribution in [3.8, 4) is 11.5 Å². The number of aromatic hydroxyl groups is 1. The fraction of sp³-hybridized carbons (Fsp3) is 0.214. The van der Waals surface area contributed by atoms with Gasteiger partial charge in [-0.15, -0.1) is 0 Å². The number of aliphatic carboxylic acids is 1. The topological polar surface area (TPSA) is 104 Å². The van der Waals surface area contributed by atoms with E-state index >= 15 is 0 Å². The van der Waals surface area contributed by atoms with Crippen LogP contribution in [0.4, 0.5) is 4.79 Å². The van der Waals surface area contributed by atoms with Crippen molar-refractivity contribution in [3.63, 3.8) is 0 Å². The minimum Gasteiger partial charge on any atom is -0.503 e. The number of hydrogen-bond acceptors (Lipinski definition) is 6. The Balaban J connectivity index is 2.34. The molecule has 7 nitrogen and oxygen atoms in total. The number of ether oxygens (including phenoxy) is 1. The third-order valence-electron chi connectivity index (χ3n) is 2.82. The van der Waals surface area contributed by atoms with Crippen LogP contribution in [-0.2, 0) is 9.59 Å². The van der Waals surface area contributed by atoms with Crippen LogP contribution in [0.3, 0.4) is 0 Å². The minimum absolute atomic E-state index is 0.0342. The number of phenolic OH excluding ortho intramolecular Hbond substituents is 1. The number of imide groups is 1. The highest BCUT2D eigenvalue weighted by molar-refractivity contribution is 8.18. The van der Waals surface area contributed by atoms with Crippen LogP contribution in [0.1, 0.15) is 12.5 Å². The number of thioether (sulfide) groups is 1. The number of halogens is 1. The predicted octanol–water partition coefficient (Wildman–Crippen LogP) is 2.57. The molecule has 1 aliphatic rings. The summed E-state index contributed by atoms with van der Waals surface area (Å²) in [7, 11) is 0. The number of nitrogens with zero attached hydrogens (tertiary/aromatic N) is 1. The van der Waals surface area contributed by atoms with E-state index in [1.807, 2.05) is 0 Å². The standard InChI is InChI=1S/C14H12ClNO6S/c1-2-22-9-4-7(3-8(15)12(9)19)5-10-13(20)16(6-11(17)18)14(21)23-10/h3-5,19H,2,6H2,1H3,(H,17,18)/b10-5+. The molecule has 0 spiro atoms. The van der Waals surface area contributed by atoms with Crippen LogP contribution in [0.5, 0.6) is 11.5 Å². The zero-order chi connectivity index (χ0) is 17.1. The van der Waals surface area contributed by atoms with Gasteiger partial charge in [0.15, 0.2) is 11.5 Å². The molecule has 1 saturated heterocycles. The van der Waals surface area contributed by atoms with E-state index < -0.39 is 23.7 Å². The van der Waals surface area contributed by atoms with Gasteiger partial charge >= 0.3 is 5.97 Å². The number of amides is 2. The van der Waals surface area contributed by atoms with Gasteiger partial charge in [0.25, 0.3) is 11.1 Å². The number of carboxylic acids is 1. The van der Waals surface area contributed by atoms with Gasteiger partial charge in [0, 0.05) is 0 Å². The van der Waals surface area contributed by atoms with Crippen molar-refractivity contribution in [2.75, 3.05) is 13.2 Å². The van der Waals surface area contributed by atoms with Crippen molar-refractivity contribution < 1.29 is 29.3 Å². The van der Waals surface area contributed by atoms with Crippen molar-refractivity contribution in [2.24, 2.45) is 0 Å². The number of carbonyl (C=O) groups excluding carboxylic acids is 2. The van der Waals surface area contributed by atoms with Crippen LogP contribution in [0.15, 0.2) is 17.0 Å². The number of phenols is 1. The summed E-state index contributed by atoms with van der Waals surface area (Å²) in [6, 6.07) is 2.88. The molecule has 1 aliphatic heterocycles. The zero-order valence-electron chi connectivity index (χ0n) is 11.9. The molecule has 0 aromatic heterocycles. The Hall–Kier alpha value is -2.19. The highest BCUT2D eigenvalue weighted by atomic mass is 35.5. The lowest BCUT2D eigenvalue weighted by Crippen LogP contribution is -2.33. The molecular formula is C14H12ClNO6S. The van der Waals surface area contributed by atoms with Crippen LogP contribution >= 0.6 is 23.4 Å². The number of carbonyl (C=O) groups is 3. The van der Waals surface area contributed by atoms with Gasteiger partial charge in [-0.25, -0.2) is 0 Å². The van der Waals surface area contributed by atoms with Gasteiger partial charge in [0.1, 0.15) is 6.54 Å². The van der Waals surface area contributed by atoms with Crippen LogP contribution < -0.4 is 4.74 Å². The molecule has 0 unspecified atom stereocenters. The molecule has 0 radical (unpaired) electrons. The fourth-order valence-electron chi connectivity index (χ4n) is 1.87. The summed E-state index contributed by atoms with van der Waals surface area (Å²) in [6.45, 7) is 1.35. The molecule has 122 valence electrons. The third-order valence-corrected chi connectivity index (χ3v) is 4.01. The number of carboxylic acid groups (broad SMARTS) is 1. The molecule has 9 heteroatoms. The van der Waals surface area contributed by atoms with Crippen molar-refractivity contribution in [2.45, 2.75) is 6.92 Å². The van der Waals surface area contributed by atoms with E-state index in [-0.39, 0.29) is 21.4 Å². The van der Waals surface area contributed by atoms with Crippen molar-refractivity contribution in [1.29, 1.82) is 0 Å². The summed E-state index contributed by atoms with van der Waals surface area (Å²) >= 11 is 6.53. The Labute approximate surface area is 140 Å². The van der Waals surface area contributed by atoms with E-state index in [2.05, 4.69) is 0 Å². The maximum atomic E-state index is 12.1. The summed E-state index contributed by atoms with van der Waals surface area (Å²) in [5.41, 5.74) is 0.442. The molecule has 1 fully saturated rings. The molecule has 0 saturated carbocycles. The Kier molecular flexibility index (Phi) is 5.17. The third kappa shape index (κ3) is 3.77. The minimum atomic E-state index is -1.28.